The summed E-state index contributed by atoms with van der Waals surface area (Å²) in [5.41, 5.74) is 5.18. The van der Waals surface area contributed by atoms with E-state index >= 15 is 0 Å². The second-order valence-corrected chi connectivity index (χ2v) is 5.79. The molecule has 2 atom stereocenters. The van der Waals surface area contributed by atoms with Crippen LogP contribution in [0.5, 0.6) is 0 Å². The molecule has 0 saturated carbocycles. The first kappa shape index (κ1) is 15.1. The summed E-state index contributed by atoms with van der Waals surface area (Å²) in [5, 5.41) is 0. The monoisotopic (exact) mass is 296 g/mol. The van der Waals surface area contributed by atoms with Gasteiger partial charge in [0.25, 0.3) is 0 Å². The highest BCUT2D eigenvalue weighted by Gasteiger charge is 2.45. The number of aliphatic imine (C=N–C) groups is 1. The Morgan fingerprint density at radius 1 is 1.38 bits per heavy atom. The molecule has 0 bridgehead atoms. The van der Waals surface area contributed by atoms with Crippen LogP contribution in [0.1, 0.15) is 20.8 Å². The van der Waals surface area contributed by atoms with Crippen LogP contribution < -0.4 is 5.73 Å². The van der Waals surface area contributed by atoms with E-state index in [0.717, 1.165) is 0 Å². The van der Waals surface area contributed by atoms with Crippen LogP contribution in [0.4, 0.5) is 9.59 Å². The summed E-state index contributed by atoms with van der Waals surface area (Å²) in [7, 11) is 1.29. The van der Waals surface area contributed by atoms with Crippen molar-refractivity contribution in [3.63, 3.8) is 0 Å². The third-order valence-electron chi connectivity index (χ3n) is 3.07. The minimum Gasteiger partial charge on any atom is -0.453 e. The van der Waals surface area contributed by atoms with Gasteiger partial charge >= 0.3 is 12.2 Å². The molecule has 0 saturated heterocycles. The van der Waals surface area contributed by atoms with Crippen LogP contribution in [0.15, 0.2) is 17.1 Å². The number of fused-ring (bicyclic) bond motifs is 1. The van der Waals surface area contributed by atoms with Crippen LogP contribution >= 0.6 is 0 Å². The summed E-state index contributed by atoms with van der Waals surface area (Å²) in [4.78, 5) is 30.8. The number of hydrogen-bond acceptors (Lipinski definition) is 6. The molecule has 0 unspecified atom stereocenters. The molecule has 0 fully saturated rings. The van der Waals surface area contributed by atoms with Gasteiger partial charge in [-0.1, -0.05) is 12.2 Å². The number of carbonyl (C=O) groups is 2. The number of hydrogen-bond donors (Lipinski definition) is 1. The molecule has 2 aliphatic heterocycles. The fourth-order valence-corrected chi connectivity index (χ4v) is 2.25. The summed E-state index contributed by atoms with van der Waals surface area (Å²) >= 11 is 0. The Morgan fingerprint density at radius 2 is 2.05 bits per heavy atom. The zero-order chi connectivity index (χ0) is 15.8. The topological polar surface area (TPSA) is 97.5 Å². The third kappa shape index (κ3) is 2.93. The zero-order valence-corrected chi connectivity index (χ0v) is 12.6. The van der Waals surface area contributed by atoms with Crippen LogP contribution in [-0.4, -0.2) is 59.4 Å². The van der Waals surface area contributed by atoms with E-state index in [2.05, 4.69) is 4.99 Å². The first-order valence-corrected chi connectivity index (χ1v) is 6.61. The Kier molecular flexibility index (Phi) is 3.80. The molecule has 2 amide bonds. The lowest BCUT2D eigenvalue weighted by molar-refractivity contribution is 0.0293. The van der Waals surface area contributed by atoms with Crippen molar-refractivity contribution in [2.45, 2.75) is 38.6 Å². The summed E-state index contributed by atoms with van der Waals surface area (Å²) in [5.74, 6) is 0.0275. The lowest BCUT2D eigenvalue weighted by atomic mass is 10.1. The molecule has 2 rings (SSSR count). The average molecular weight is 296 g/mol. The smallest absolute Gasteiger partial charge is 0.417 e. The van der Waals surface area contributed by atoms with Gasteiger partial charge in [-0.15, -0.1) is 0 Å². The van der Waals surface area contributed by atoms with E-state index in [1.54, 1.807) is 32.9 Å². The predicted octanol–water partition coefficient (Wildman–Crippen LogP) is 0.885. The summed E-state index contributed by atoms with van der Waals surface area (Å²) in [6.45, 7) is 5.66. The van der Waals surface area contributed by atoms with Crippen LogP contribution in [0.3, 0.4) is 0 Å². The molecule has 0 aromatic rings. The average Bonchev–Trinajstić information content (AvgIpc) is 2.71. The van der Waals surface area contributed by atoms with Gasteiger partial charge in [-0.3, -0.25) is 4.90 Å². The molecule has 0 aromatic heterocycles. The largest absolute Gasteiger partial charge is 0.453 e. The fraction of sp³-hybridized carbons (Fsp3) is 0.615. The minimum absolute atomic E-state index is 0.0275. The quantitative estimate of drug-likeness (QED) is 0.669. The molecule has 0 spiro atoms. The molecule has 2 aliphatic rings. The molecule has 8 heteroatoms. The highest BCUT2D eigenvalue weighted by atomic mass is 16.6. The standard InChI is InChI=1S/C13H20N4O4/c1-13(2,3)21-12(19)17-8-6-5-7-16(11(18)20-4)9(8)15-10(17)14/h5-6,8-9H,7H2,1-4H3,(H2,14,15)/t8-,9+/m0/s1. The molecule has 0 radical (unpaired) electrons. The highest BCUT2D eigenvalue weighted by Crippen LogP contribution is 2.26. The van der Waals surface area contributed by atoms with Gasteiger partial charge in [-0.05, 0) is 20.8 Å². The second kappa shape index (κ2) is 5.27. The fourth-order valence-electron chi connectivity index (χ4n) is 2.25. The van der Waals surface area contributed by atoms with Gasteiger partial charge in [0.15, 0.2) is 6.17 Å². The summed E-state index contributed by atoms with van der Waals surface area (Å²) < 4.78 is 10.0. The summed E-state index contributed by atoms with van der Waals surface area (Å²) in [6, 6.07) is -0.479. The molecule has 2 N–H and O–H groups in total. The number of rotatable bonds is 0. The molecule has 0 aliphatic carbocycles. The van der Waals surface area contributed by atoms with Crippen LogP contribution in [-0.2, 0) is 9.47 Å². The maximum atomic E-state index is 12.2. The molecule has 0 aromatic carbocycles. The van der Waals surface area contributed by atoms with Gasteiger partial charge in [0.1, 0.15) is 11.6 Å². The van der Waals surface area contributed by atoms with Crippen molar-refractivity contribution in [2.24, 2.45) is 10.7 Å². The SMILES string of the molecule is COC(=O)N1CC=C[C@H]2[C@@H]1N=C(N)N2C(=O)OC(C)(C)C. The van der Waals surface area contributed by atoms with E-state index in [0.29, 0.717) is 6.54 Å². The maximum absolute atomic E-state index is 12.2. The van der Waals surface area contributed by atoms with Crippen molar-refractivity contribution in [1.82, 2.24) is 9.80 Å². The van der Waals surface area contributed by atoms with E-state index in [1.807, 2.05) is 0 Å². The van der Waals surface area contributed by atoms with E-state index in [1.165, 1.54) is 16.9 Å². The first-order chi connectivity index (χ1) is 9.74. The van der Waals surface area contributed by atoms with Crippen molar-refractivity contribution in [1.29, 1.82) is 0 Å². The van der Waals surface area contributed by atoms with Crippen molar-refractivity contribution in [3.05, 3.63) is 12.2 Å². The van der Waals surface area contributed by atoms with Gasteiger partial charge in [-0.2, -0.15) is 0 Å². The van der Waals surface area contributed by atoms with Crippen molar-refractivity contribution in [2.75, 3.05) is 13.7 Å². The number of amides is 2. The van der Waals surface area contributed by atoms with Gasteiger partial charge in [0.05, 0.1) is 7.11 Å². The number of nitrogens with zero attached hydrogens (tertiary/aromatic N) is 3. The molecule has 2 heterocycles. The normalized spacial score (nSPS) is 24.5. The van der Waals surface area contributed by atoms with Crippen LogP contribution in [0.2, 0.25) is 0 Å². The van der Waals surface area contributed by atoms with Gasteiger partial charge in [-0.25, -0.2) is 19.5 Å². The lowest BCUT2D eigenvalue weighted by Crippen LogP contribution is -2.54. The number of methoxy groups -OCH3 is 1. The molecule has 21 heavy (non-hydrogen) atoms. The number of guanidine groups is 1. The van der Waals surface area contributed by atoms with E-state index in [-0.39, 0.29) is 5.96 Å². The highest BCUT2D eigenvalue weighted by molar-refractivity contribution is 5.96. The Balaban J connectivity index is 2.22. The van der Waals surface area contributed by atoms with E-state index in [4.69, 9.17) is 15.2 Å². The lowest BCUT2D eigenvalue weighted by Gasteiger charge is -2.34. The Bertz CT molecular complexity index is 509. The Hall–Kier alpha value is -2.25. The van der Waals surface area contributed by atoms with E-state index in [9.17, 15) is 9.59 Å². The second-order valence-electron chi connectivity index (χ2n) is 5.79. The van der Waals surface area contributed by atoms with Gasteiger partial charge in [0.2, 0.25) is 5.96 Å². The molecular weight excluding hydrogens is 276 g/mol. The van der Waals surface area contributed by atoms with Gasteiger partial charge < -0.3 is 15.2 Å². The third-order valence-corrected chi connectivity index (χ3v) is 3.07. The molecule has 8 nitrogen and oxygen atoms in total. The zero-order valence-electron chi connectivity index (χ0n) is 12.6. The minimum atomic E-state index is -0.643. The number of ether oxygens (including phenoxy) is 2. The number of carbonyl (C=O) groups excluding carboxylic acids is 2. The number of nitrogens with two attached hydrogens (primary N) is 1. The van der Waals surface area contributed by atoms with Crippen molar-refractivity contribution in [3.8, 4) is 0 Å². The Morgan fingerprint density at radius 3 is 2.62 bits per heavy atom. The first-order valence-electron chi connectivity index (χ1n) is 6.61. The van der Waals surface area contributed by atoms with Crippen LogP contribution in [0.25, 0.3) is 0 Å². The molecular formula is C13H20N4O4. The van der Waals surface area contributed by atoms with Crippen molar-refractivity contribution < 1.29 is 19.1 Å². The predicted molar refractivity (Wildman–Crippen MR) is 75.5 cm³/mol. The summed E-state index contributed by atoms with van der Waals surface area (Å²) in [6.07, 6.45) is 1.86. The van der Waals surface area contributed by atoms with Crippen molar-refractivity contribution >= 4 is 18.1 Å². The van der Waals surface area contributed by atoms with E-state index < -0.39 is 30.0 Å². The molecule has 116 valence electrons. The Labute approximate surface area is 123 Å². The van der Waals surface area contributed by atoms with Gasteiger partial charge in [0, 0.05) is 6.54 Å². The maximum Gasteiger partial charge on any atom is 0.417 e. The van der Waals surface area contributed by atoms with Crippen LogP contribution in [0, 0.1) is 0 Å².